The lowest BCUT2D eigenvalue weighted by Crippen LogP contribution is -1.99. The minimum Gasteiger partial charge on any atom is -0.496 e. The Bertz CT molecular complexity index is 818. The van der Waals surface area contributed by atoms with E-state index in [1.165, 1.54) is 23.1 Å². The smallest absolute Gasteiger partial charge is 0.209 e. The average Bonchev–Trinajstić information content (AvgIpc) is 3.24. The first kappa shape index (κ1) is 16.0. The Balaban J connectivity index is 1.73. The third-order valence-electron chi connectivity index (χ3n) is 3.01. The molecule has 0 saturated heterocycles. The number of hydrogen-bond donors (Lipinski definition) is 1. The van der Waals surface area contributed by atoms with Crippen LogP contribution >= 0.6 is 34.7 Å². The van der Waals surface area contributed by atoms with Gasteiger partial charge in [-0.25, -0.2) is 4.98 Å². The van der Waals surface area contributed by atoms with Gasteiger partial charge in [0.05, 0.1) is 23.3 Å². The zero-order valence-corrected chi connectivity index (χ0v) is 14.5. The van der Waals surface area contributed by atoms with Crippen molar-refractivity contribution in [3.63, 3.8) is 0 Å². The molecule has 0 amide bonds. The van der Waals surface area contributed by atoms with Crippen molar-refractivity contribution in [2.24, 2.45) is 0 Å². The predicted octanol–water partition coefficient (Wildman–Crippen LogP) is 4.17. The molecular formula is C15H12ClN3O2S2. The van der Waals surface area contributed by atoms with Gasteiger partial charge in [0.2, 0.25) is 5.16 Å². The molecular weight excluding hydrogens is 354 g/mol. The van der Waals surface area contributed by atoms with Crippen LogP contribution in [-0.2, 0) is 0 Å². The maximum atomic E-state index is 12.0. The van der Waals surface area contributed by atoms with Crippen molar-refractivity contribution in [1.29, 1.82) is 0 Å². The number of methoxy groups -OCH3 is 1. The van der Waals surface area contributed by atoms with Gasteiger partial charge in [0.25, 0.3) is 0 Å². The summed E-state index contributed by atoms with van der Waals surface area (Å²) >= 11 is 8.75. The number of nitrogens with one attached hydrogen (secondary N) is 1. The third-order valence-corrected chi connectivity index (χ3v) is 5.00. The SMILES string of the molecule is COc1ccc(Cl)cc1-c1nc(SCC(=O)c2cccs2)n[nH]1. The van der Waals surface area contributed by atoms with E-state index in [9.17, 15) is 4.79 Å². The van der Waals surface area contributed by atoms with E-state index in [-0.39, 0.29) is 5.78 Å². The molecule has 0 aliphatic rings. The third kappa shape index (κ3) is 3.74. The summed E-state index contributed by atoms with van der Waals surface area (Å²) in [6, 6.07) is 8.95. The Morgan fingerprint density at radius 2 is 2.30 bits per heavy atom. The molecule has 118 valence electrons. The van der Waals surface area contributed by atoms with Gasteiger partial charge in [0.1, 0.15) is 5.75 Å². The highest BCUT2D eigenvalue weighted by atomic mass is 35.5. The van der Waals surface area contributed by atoms with Gasteiger partial charge in [-0.05, 0) is 29.6 Å². The summed E-state index contributed by atoms with van der Waals surface area (Å²) in [4.78, 5) is 17.1. The molecule has 0 bridgehead atoms. The molecule has 0 atom stereocenters. The predicted molar refractivity (Wildman–Crippen MR) is 92.8 cm³/mol. The summed E-state index contributed by atoms with van der Waals surface area (Å²) < 4.78 is 5.31. The Hall–Kier alpha value is -1.83. The van der Waals surface area contributed by atoms with E-state index in [0.717, 1.165) is 10.4 Å². The molecule has 0 spiro atoms. The normalized spacial score (nSPS) is 10.7. The number of Topliss-reactive ketones (excluding diaryl/α,β-unsaturated/α-hetero) is 1. The molecule has 0 unspecified atom stereocenters. The number of rotatable bonds is 6. The van der Waals surface area contributed by atoms with Crippen molar-refractivity contribution in [2.45, 2.75) is 5.16 Å². The Morgan fingerprint density at radius 3 is 3.04 bits per heavy atom. The van der Waals surface area contributed by atoms with Crippen LogP contribution in [0.25, 0.3) is 11.4 Å². The number of benzene rings is 1. The minimum absolute atomic E-state index is 0.0664. The maximum absolute atomic E-state index is 12.0. The fourth-order valence-corrected chi connectivity index (χ4v) is 3.54. The highest BCUT2D eigenvalue weighted by molar-refractivity contribution is 7.99. The van der Waals surface area contributed by atoms with Crippen molar-refractivity contribution in [2.75, 3.05) is 12.9 Å². The molecule has 1 N–H and O–H groups in total. The number of ether oxygens (including phenoxy) is 1. The fourth-order valence-electron chi connectivity index (χ4n) is 1.94. The standard InChI is InChI=1S/C15H12ClN3O2S2/c1-21-12-5-4-9(16)7-10(12)14-17-15(19-18-14)23-8-11(20)13-3-2-6-22-13/h2-7H,8H2,1H3,(H,17,18,19). The lowest BCUT2D eigenvalue weighted by Gasteiger charge is -2.05. The van der Waals surface area contributed by atoms with Gasteiger partial charge in [-0.15, -0.1) is 16.4 Å². The van der Waals surface area contributed by atoms with Gasteiger partial charge in [-0.3, -0.25) is 9.89 Å². The van der Waals surface area contributed by atoms with E-state index >= 15 is 0 Å². The number of carbonyl (C=O) groups excluding carboxylic acids is 1. The molecule has 2 aromatic heterocycles. The van der Waals surface area contributed by atoms with Crippen LogP contribution in [0.4, 0.5) is 0 Å². The second-order valence-electron chi connectivity index (χ2n) is 4.50. The fraction of sp³-hybridized carbons (Fsp3) is 0.133. The summed E-state index contributed by atoms with van der Waals surface area (Å²) in [5.74, 6) is 1.56. The van der Waals surface area contributed by atoms with E-state index in [4.69, 9.17) is 16.3 Å². The molecule has 3 aromatic rings. The van der Waals surface area contributed by atoms with Crippen LogP contribution < -0.4 is 4.74 Å². The monoisotopic (exact) mass is 365 g/mol. The summed E-state index contributed by atoms with van der Waals surface area (Å²) in [5, 5.41) is 9.96. The number of thiophene rings is 1. The Kier molecular flexibility index (Phi) is 5.00. The van der Waals surface area contributed by atoms with E-state index < -0.39 is 0 Å². The lowest BCUT2D eigenvalue weighted by molar-refractivity contribution is 0.102. The van der Waals surface area contributed by atoms with Crippen molar-refractivity contribution < 1.29 is 9.53 Å². The molecule has 23 heavy (non-hydrogen) atoms. The van der Waals surface area contributed by atoms with Crippen molar-refractivity contribution in [1.82, 2.24) is 15.2 Å². The summed E-state index contributed by atoms with van der Waals surface area (Å²) in [7, 11) is 1.58. The molecule has 0 radical (unpaired) electrons. The highest BCUT2D eigenvalue weighted by Crippen LogP contribution is 2.31. The molecule has 5 nitrogen and oxygen atoms in total. The van der Waals surface area contributed by atoms with Crippen LogP contribution in [0.3, 0.4) is 0 Å². The lowest BCUT2D eigenvalue weighted by atomic mass is 10.2. The largest absolute Gasteiger partial charge is 0.496 e. The zero-order valence-electron chi connectivity index (χ0n) is 12.1. The average molecular weight is 366 g/mol. The van der Waals surface area contributed by atoms with Crippen LogP contribution in [-0.4, -0.2) is 33.8 Å². The highest BCUT2D eigenvalue weighted by Gasteiger charge is 2.14. The van der Waals surface area contributed by atoms with Crippen LogP contribution in [0.2, 0.25) is 5.02 Å². The van der Waals surface area contributed by atoms with Gasteiger partial charge < -0.3 is 4.74 Å². The molecule has 8 heteroatoms. The molecule has 2 heterocycles. The number of hydrogen-bond acceptors (Lipinski definition) is 6. The number of thioether (sulfide) groups is 1. The van der Waals surface area contributed by atoms with Crippen LogP contribution in [0.1, 0.15) is 9.67 Å². The van der Waals surface area contributed by atoms with Gasteiger partial charge in [0, 0.05) is 5.02 Å². The zero-order chi connectivity index (χ0) is 16.2. The number of ketones is 1. The van der Waals surface area contributed by atoms with Crippen molar-refractivity contribution >= 4 is 40.5 Å². The molecule has 0 aliphatic carbocycles. The first-order chi connectivity index (χ1) is 11.2. The first-order valence-corrected chi connectivity index (χ1v) is 8.87. The molecule has 0 fully saturated rings. The second kappa shape index (κ2) is 7.16. The minimum atomic E-state index is 0.0664. The van der Waals surface area contributed by atoms with E-state index in [0.29, 0.717) is 27.5 Å². The van der Waals surface area contributed by atoms with Gasteiger partial charge in [-0.1, -0.05) is 29.4 Å². The number of halogens is 1. The Morgan fingerprint density at radius 1 is 1.43 bits per heavy atom. The summed E-state index contributed by atoms with van der Waals surface area (Å²) in [6.45, 7) is 0. The maximum Gasteiger partial charge on any atom is 0.209 e. The van der Waals surface area contributed by atoms with Crippen molar-refractivity contribution in [3.05, 3.63) is 45.6 Å². The van der Waals surface area contributed by atoms with Crippen LogP contribution in [0.5, 0.6) is 5.75 Å². The van der Waals surface area contributed by atoms with E-state index in [1.807, 2.05) is 17.5 Å². The number of aromatic nitrogens is 3. The number of aromatic amines is 1. The first-order valence-electron chi connectivity index (χ1n) is 6.63. The molecule has 0 aliphatic heterocycles. The summed E-state index contributed by atoms with van der Waals surface area (Å²) in [6.07, 6.45) is 0. The second-order valence-corrected chi connectivity index (χ2v) is 6.83. The summed E-state index contributed by atoms with van der Waals surface area (Å²) in [5.41, 5.74) is 0.726. The molecule has 0 saturated carbocycles. The molecule has 3 rings (SSSR count). The quantitative estimate of drug-likeness (QED) is 0.524. The number of nitrogens with zero attached hydrogens (tertiary/aromatic N) is 2. The van der Waals surface area contributed by atoms with Gasteiger partial charge in [-0.2, -0.15) is 0 Å². The topological polar surface area (TPSA) is 67.9 Å². The Labute approximate surface area is 146 Å². The van der Waals surface area contributed by atoms with Crippen LogP contribution in [0, 0.1) is 0 Å². The molecule has 1 aromatic carbocycles. The van der Waals surface area contributed by atoms with E-state index in [1.54, 1.807) is 25.3 Å². The number of carbonyl (C=O) groups is 1. The number of H-pyrrole nitrogens is 1. The van der Waals surface area contributed by atoms with Crippen LogP contribution in [0.15, 0.2) is 40.9 Å². The van der Waals surface area contributed by atoms with Crippen molar-refractivity contribution in [3.8, 4) is 17.1 Å². The van der Waals surface area contributed by atoms with Gasteiger partial charge in [0.15, 0.2) is 11.6 Å². The van der Waals surface area contributed by atoms with E-state index in [2.05, 4.69) is 15.2 Å². The van der Waals surface area contributed by atoms with Gasteiger partial charge >= 0.3 is 0 Å².